The molecule has 0 heterocycles. The second-order valence-corrected chi connectivity index (χ2v) is 3.61. The highest BCUT2D eigenvalue weighted by Crippen LogP contribution is 2.32. The lowest BCUT2D eigenvalue weighted by atomic mass is 10.1. The zero-order valence-electron chi connectivity index (χ0n) is 9.91. The summed E-state index contributed by atoms with van der Waals surface area (Å²) in [4.78, 5) is 22.0. The van der Waals surface area contributed by atoms with Gasteiger partial charge in [0, 0.05) is 5.69 Å². The van der Waals surface area contributed by atoms with Crippen molar-refractivity contribution < 1.29 is 27.9 Å². The quantitative estimate of drug-likeness (QED) is 0.745. The molecule has 106 valence electrons. The highest BCUT2D eigenvalue weighted by Gasteiger charge is 2.32. The maximum atomic E-state index is 12.6. The van der Waals surface area contributed by atoms with Gasteiger partial charge in [-0.3, -0.25) is 0 Å². The number of carbonyl (C=O) groups excluding carboxylic acids is 1. The molecule has 0 fully saturated rings. The second kappa shape index (κ2) is 5.97. The summed E-state index contributed by atoms with van der Waals surface area (Å²) < 4.78 is 37.8. The van der Waals surface area contributed by atoms with Gasteiger partial charge in [0.05, 0.1) is 17.7 Å². The molecule has 0 aliphatic rings. The Labute approximate surface area is 111 Å². The minimum Gasteiger partial charge on any atom is -0.478 e. The van der Waals surface area contributed by atoms with Gasteiger partial charge in [0.2, 0.25) is 0 Å². The average Bonchev–Trinajstić information content (AvgIpc) is 2.34. The number of amides is 2. The number of carbonyl (C=O) groups is 2. The molecule has 8 heteroatoms. The predicted octanol–water partition coefficient (Wildman–Crippen LogP) is 2.16. The van der Waals surface area contributed by atoms with E-state index in [0.29, 0.717) is 12.1 Å². The highest BCUT2D eigenvalue weighted by atomic mass is 19.4. The lowest BCUT2D eigenvalue weighted by Gasteiger charge is -2.11. The standard InChI is InChI=1S/C12H9F3N2O3/c1-2-3-16-11(20)17-9-5-7(10(18)19)4-8(6-9)12(13,14)15/h1,4-6H,3H2,(H,18,19)(H2,16,17,20). The van der Waals surface area contributed by atoms with Gasteiger partial charge in [-0.1, -0.05) is 5.92 Å². The van der Waals surface area contributed by atoms with Crippen molar-refractivity contribution in [2.24, 2.45) is 0 Å². The number of hydrogen-bond acceptors (Lipinski definition) is 2. The molecule has 20 heavy (non-hydrogen) atoms. The Morgan fingerprint density at radius 1 is 1.30 bits per heavy atom. The van der Waals surface area contributed by atoms with Crippen LogP contribution in [0.15, 0.2) is 18.2 Å². The van der Waals surface area contributed by atoms with Crippen LogP contribution in [0.2, 0.25) is 0 Å². The molecule has 0 atom stereocenters. The fourth-order valence-corrected chi connectivity index (χ4v) is 1.29. The second-order valence-electron chi connectivity index (χ2n) is 3.61. The van der Waals surface area contributed by atoms with Gasteiger partial charge in [-0.05, 0) is 18.2 Å². The summed E-state index contributed by atoms with van der Waals surface area (Å²) in [5, 5.41) is 13.0. The van der Waals surface area contributed by atoms with Crippen LogP contribution in [0.25, 0.3) is 0 Å². The maximum Gasteiger partial charge on any atom is 0.416 e. The Morgan fingerprint density at radius 2 is 1.95 bits per heavy atom. The van der Waals surface area contributed by atoms with E-state index in [0.717, 1.165) is 6.07 Å². The van der Waals surface area contributed by atoms with Crippen LogP contribution in [-0.4, -0.2) is 23.7 Å². The lowest BCUT2D eigenvalue weighted by molar-refractivity contribution is -0.137. The molecular formula is C12H9F3N2O3. The normalized spacial score (nSPS) is 10.5. The van der Waals surface area contributed by atoms with Crippen molar-refractivity contribution in [3.63, 3.8) is 0 Å². The first-order valence-corrected chi connectivity index (χ1v) is 5.18. The summed E-state index contributed by atoms with van der Waals surface area (Å²) in [6, 6.07) is 1.18. The molecule has 5 nitrogen and oxygen atoms in total. The number of aromatic carboxylic acids is 1. The van der Waals surface area contributed by atoms with Gasteiger partial charge in [0.1, 0.15) is 0 Å². The van der Waals surface area contributed by atoms with Crippen molar-refractivity contribution in [2.45, 2.75) is 6.18 Å². The number of benzene rings is 1. The molecule has 0 spiro atoms. The number of rotatable bonds is 3. The monoisotopic (exact) mass is 286 g/mol. The number of carboxylic acids is 1. The molecule has 0 unspecified atom stereocenters. The molecule has 0 saturated carbocycles. The Bertz CT molecular complexity index is 576. The summed E-state index contributed by atoms with van der Waals surface area (Å²) >= 11 is 0. The van der Waals surface area contributed by atoms with Gasteiger partial charge in [-0.2, -0.15) is 13.2 Å². The number of anilines is 1. The van der Waals surface area contributed by atoms with E-state index in [-0.39, 0.29) is 12.2 Å². The molecule has 0 saturated heterocycles. The molecule has 1 aromatic rings. The van der Waals surface area contributed by atoms with Gasteiger partial charge in [0.15, 0.2) is 0 Å². The van der Waals surface area contributed by atoms with Crippen LogP contribution >= 0.6 is 0 Å². The Kier molecular flexibility index (Phi) is 4.59. The molecule has 1 rings (SSSR count). The number of halogens is 3. The maximum absolute atomic E-state index is 12.6. The van der Waals surface area contributed by atoms with Crippen LogP contribution in [0.4, 0.5) is 23.7 Å². The van der Waals surface area contributed by atoms with Crippen LogP contribution in [-0.2, 0) is 6.18 Å². The van der Waals surface area contributed by atoms with Gasteiger partial charge < -0.3 is 15.7 Å². The Morgan fingerprint density at radius 3 is 2.45 bits per heavy atom. The Hall–Kier alpha value is -2.69. The summed E-state index contributed by atoms with van der Waals surface area (Å²) in [5.74, 6) is 0.565. The van der Waals surface area contributed by atoms with E-state index in [4.69, 9.17) is 11.5 Å². The minimum atomic E-state index is -4.73. The number of terminal acetylenes is 1. The Balaban J connectivity index is 3.07. The first-order valence-electron chi connectivity index (χ1n) is 5.18. The number of urea groups is 1. The van der Waals surface area contributed by atoms with E-state index in [2.05, 4.69) is 16.6 Å². The molecule has 2 amide bonds. The highest BCUT2D eigenvalue weighted by molar-refractivity contribution is 5.93. The van der Waals surface area contributed by atoms with Crippen molar-refractivity contribution >= 4 is 17.7 Å². The first-order chi connectivity index (χ1) is 9.24. The molecular weight excluding hydrogens is 277 g/mol. The van der Waals surface area contributed by atoms with Gasteiger partial charge in [0.25, 0.3) is 0 Å². The third kappa shape index (κ3) is 4.20. The van der Waals surface area contributed by atoms with Crippen LogP contribution in [0.1, 0.15) is 15.9 Å². The van der Waals surface area contributed by atoms with Crippen LogP contribution in [0.5, 0.6) is 0 Å². The molecule has 1 aromatic carbocycles. The zero-order chi connectivity index (χ0) is 15.3. The van der Waals surface area contributed by atoms with E-state index in [9.17, 15) is 22.8 Å². The largest absolute Gasteiger partial charge is 0.478 e. The fraction of sp³-hybridized carbons (Fsp3) is 0.167. The third-order valence-electron chi connectivity index (χ3n) is 2.12. The summed E-state index contributed by atoms with van der Waals surface area (Å²) in [5.41, 5.74) is -2.07. The molecule has 0 bridgehead atoms. The summed E-state index contributed by atoms with van der Waals surface area (Å²) in [6.45, 7) is -0.115. The van der Waals surface area contributed by atoms with E-state index < -0.39 is 29.3 Å². The number of carboxylic acid groups (broad SMARTS) is 1. The molecule has 0 aliphatic heterocycles. The van der Waals surface area contributed by atoms with Crippen molar-refractivity contribution in [3.8, 4) is 12.3 Å². The van der Waals surface area contributed by atoms with Crippen LogP contribution in [0.3, 0.4) is 0 Å². The first kappa shape index (κ1) is 15.4. The van der Waals surface area contributed by atoms with Crippen molar-refractivity contribution in [1.29, 1.82) is 0 Å². The van der Waals surface area contributed by atoms with Crippen LogP contribution < -0.4 is 10.6 Å². The zero-order valence-corrected chi connectivity index (χ0v) is 9.91. The number of hydrogen-bond donors (Lipinski definition) is 3. The predicted molar refractivity (Wildman–Crippen MR) is 64.3 cm³/mol. The summed E-state index contributed by atoms with van der Waals surface area (Å²) in [6.07, 6.45) is 0.171. The van der Waals surface area contributed by atoms with Gasteiger partial charge in [-0.15, -0.1) is 6.42 Å². The SMILES string of the molecule is C#CCNC(=O)Nc1cc(C(=O)O)cc(C(F)(F)F)c1. The van der Waals surface area contributed by atoms with E-state index in [1.165, 1.54) is 0 Å². The molecule has 0 aromatic heterocycles. The van der Waals surface area contributed by atoms with Gasteiger partial charge in [-0.25, -0.2) is 9.59 Å². The number of nitrogens with one attached hydrogen (secondary N) is 2. The smallest absolute Gasteiger partial charge is 0.416 e. The lowest BCUT2D eigenvalue weighted by Crippen LogP contribution is -2.29. The third-order valence-corrected chi connectivity index (χ3v) is 2.12. The summed E-state index contributed by atoms with van der Waals surface area (Å²) in [7, 11) is 0. The van der Waals surface area contributed by atoms with E-state index in [1.807, 2.05) is 0 Å². The molecule has 3 N–H and O–H groups in total. The van der Waals surface area contributed by atoms with E-state index in [1.54, 1.807) is 0 Å². The van der Waals surface area contributed by atoms with Crippen molar-refractivity contribution in [2.75, 3.05) is 11.9 Å². The topological polar surface area (TPSA) is 78.4 Å². The molecule has 0 radical (unpaired) electrons. The van der Waals surface area contributed by atoms with Crippen molar-refractivity contribution in [3.05, 3.63) is 29.3 Å². The minimum absolute atomic E-state index is 0.115. The van der Waals surface area contributed by atoms with E-state index >= 15 is 0 Å². The average molecular weight is 286 g/mol. The fourth-order valence-electron chi connectivity index (χ4n) is 1.29. The van der Waals surface area contributed by atoms with Crippen LogP contribution in [0, 0.1) is 12.3 Å². The number of alkyl halides is 3. The molecule has 0 aliphatic carbocycles. The van der Waals surface area contributed by atoms with Gasteiger partial charge >= 0.3 is 18.2 Å². The van der Waals surface area contributed by atoms with Crippen molar-refractivity contribution in [1.82, 2.24) is 5.32 Å².